The molecule has 2 heteroatoms. The molecule has 2 nitrogen and oxygen atoms in total. The lowest BCUT2D eigenvalue weighted by Crippen LogP contribution is -2.26. The van der Waals surface area contributed by atoms with Gasteiger partial charge in [0, 0.05) is 12.2 Å². The molecule has 1 unspecified atom stereocenters. The van der Waals surface area contributed by atoms with Gasteiger partial charge in [-0.2, -0.15) is 0 Å². The first-order chi connectivity index (χ1) is 9.29. The largest absolute Gasteiger partial charge is 0.508 e. The first kappa shape index (κ1) is 12.1. The van der Waals surface area contributed by atoms with Crippen LogP contribution >= 0.6 is 0 Å². The van der Waals surface area contributed by atoms with Crippen LogP contribution in [0.15, 0.2) is 48.5 Å². The molecule has 0 radical (unpaired) electrons. The highest BCUT2D eigenvalue weighted by atomic mass is 16.3. The first-order valence-electron chi connectivity index (χ1n) is 6.93. The van der Waals surface area contributed by atoms with Crippen molar-refractivity contribution in [3.8, 4) is 5.75 Å². The van der Waals surface area contributed by atoms with Crippen LogP contribution in [0.4, 0.5) is 5.69 Å². The predicted molar refractivity (Wildman–Crippen MR) is 78.6 cm³/mol. The van der Waals surface area contributed by atoms with Crippen molar-refractivity contribution in [2.45, 2.75) is 25.8 Å². The van der Waals surface area contributed by atoms with E-state index in [9.17, 15) is 5.11 Å². The Labute approximate surface area is 114 Å². The molecular weight excluding hydrogens is 234 g/mol. The zero-order valence-corrected chi connectivity index (χ0v) is 11.2. The molecule has 0 fully saturated rings. The monoisotopic (exact) mass is 253 g/mol. The Bertz CT molecular complexity index is 565. The highest BCUT2D eigenvalue weighted by Crippen LogP contribution is 2.39. The normalized spacial score (nSPS) is 17.2. The number of rotatable bonds is 3. The number of anilines is 1. The SMILES string of the molecule is CCN(c1ccccc1)C1CCc2cc(O)ccc21. The van der Waals surface area contributed by atoms with E-state index < -0.39 is 0 Å². The van der Waals surface area contributed by atoms with Crippen molar-refractivity contribution < 1.29 is 5.11 Å². The number of phenols is 1. The molecule has 2 aromatic rings. The molecule has 0 bridgehead atoms. The molecule has 1 atom stereocenters. The number of phenolic OH excluding ortho intramolecular Hbond substituents is 1. The van der Waals surface area contributed by atoms with E-state index in [1.54, 1.807) is 6.07 Å². The summed E-state index contributed by atoms with van der Waals surface area (Å²) in [7, 11) is 0. The average Bonchev–Trinajstić information content (AvgIpc) is 2.84. The van der Waals surface area contributed by atoms with E-state index in [2.05, 4.69) is 48.2 Å². The third kappa shape index (κ3) is 2.19. The van der Waals surface area contributed by atoms with Gasteiger partial charge in [0.1, 0.15) is 5.75 Å². The summed E-state index contributed by atoms with van der Waals surface area (Å²) in [5.41, 5.74) is 3.93. The summed E-state index contributed by atoms with van der Waals surface area (Å²) in [4.78, 5) is 2.45. The zero-order chi connectivity index (χ0) is 13.2. The average molecular weight is 253 g/mol. The number of fused-ring (bicyclic) bond motifs is 1. The molecule has 0 heterocycles. The lowest BCUT2D eigenvalue weighted by atomic mass is 10.1. The lowest BCUT2D eigenvalue weighted by molar-refractivity contribution is 0.474. The molecule has 0 aromatic heterocycles. The summed E-state index contributed by atoms with van der Waals surface area (Å²) < 4.78 is 0. The molecule has 1 aliphatic rings. The Hall–Kier alpha value is -1.96. The maximum atomic E-state index is 9.58. The Morgan fingerprint density at radius 1 is 1.16 bits per heavy atom. The quantitative estimate of drug-likeness (QED) is 0.896. The Kier molecular flexibility index (Phi) is 3.16. The summed E-state index contributed by atoms with van der Waals surface area (Å²) >= 11 is 0. The molecule has 3 rings (SSSR count). The zero-order valence-electron chi connectivity index (χ0n) is 11.2. The van der Waals surface area contributed by atoms with Crippen LogP contribution in [-0.4, -0.2) is 11.7 Å². The summed E-state index contributed by atoms with van der Waals surface area (Å²) in [5, 5.41) is 9.58. The number of hydrogen-bond acceptors (Lipinski definition) is 2. The number of para-hydroxylation sites is 1. The van der Waals surface area contributed by atoms with Gasteiger partial charge >= 0.3 is 0 Å². The molecule has 98 valence electrons. The van der Waals surface area contributed by atoms with Gasteiger partial charge in [-0.1, -0.05) is 24.3 Å². The van der Waals surface area contributed by atoms with Crippen molar-refractivity contribution in [1.82, 2.24) is 0 Å². The maximum absolute atomic E-state index is 9.58. The van der Waals surface area contributed by atoms with Gasteiger partial charge in [0.25, 0.3) is 0 Å². The fraction of sp³-hybridized carbons (Fsp3) is 0.294. The highest BCUT2D eigenvalue weighted by Gasteiger charge is 2.27. The molecule has 0 amide bonds. The minimum atomic E-state index is 0.377. The van der Waals surface area contributed by atoms with Crippen LogP contribution in [0.1, 0.15) is 30.5 Å². The van der Waals surface area contributed by atoms with Gasteiger partial charge in [-0.15, -0.1) is 0 Å². The minimum Gasteiger partial charge on any atom is -0.508 e. The number of nitrogens with zero attached hydrogens (tertiary/aromatic N) is 1. The third-order valence-electron chi connectivity index (χ3n) is 3.98. The van der Waals surface area contributed by atoms with E-state index in [1.165, 1.54) is 16.8 Å². The summed E-state index contributed by atoms with van der Waals surface area (Å²) in [6.07, 6.45) is 2.18. The maximum Gasteiger partial charge on any atom is 0.115 e. The Morgan fingerprint density at radius 3 is 2.68 bits per heavy atom. The standard InChI is InChI=1S/C17H19NO/c1-2-18(14-6-4-3-5-7-14)17-11-8-13-12-15(19)9-10-16(13)17/h3-7,9-10,12,17,19H,2,8,11H2,1H3. The Morgan fingerprint density at radius 2 is 1.95 bits per heavy atom. The van der Waals surface area contributed by atoms with E-state index >= 15 is 0 Å². The second-order valence-electron chi connectivity index (χ2n) is 5.06. The van der Waals surface area contributed by atoms with Crippen LogP contribution in [-0.2, 0) is 6.42 Å². The smallest absolute Gasteiger partial charge is 0.115 e. The van der Waals surface area contributed by atoms with Gasteiger partial charge < -0.3 is 10.0 Å². The van der Waals surface area contributed by atoms with Crippen molar-refractivity contribution in [2.75, 3.05) is 11.4 Å². The molecule has 0 saturated heterocycles. The van der Waals surface area contributed by atoms with Gasteiger partial charge in [-0.05, 0) is 55.2 Å². The van der Waals surface area contributed by atoms with Crippen molar-refractivity contribution in [3.05, 3.63) is 59.7 Å². The van der Waals surface area contributed by atoms with Gasteiger partial charge in [-0.25, -0.2) is 0 Å². The van der Waals surface area contributed by atoms with Crippen LogP contribution in [0.5, 0.6) is 5.75 Å². The van der Waals surface area contributed by atoms with Crippen LogP contribution in [0, 0.1) is 0 Å². The number of aryl methyl sites for hydroxylation is 1. The van der Waals surface area contributed by atoms with Gasteiger partial charge in [0.15, 0.2) is 0 Å². The minimum absolute atomic E-state index is 0.377. The second-order valence-corrected chi connectivity index (χ2v) is 5.06. The van der Waals surface area contributed by atoms with Crippen molar-refractivity contribution >= 4 is 5.69 Å². The van der Waals surface area contributed by atoms with Crippen molar-refractivity contribution in [2.24, 2.45) is 0 Å². The lowest BCUT2D eigenvalue weighted by Gasteiger charge is -2.30. The van der Waals surface area contributed by atoms with E-state index in [-0.39, 0.29) is 0 Å². The summed E-state index contributed by atoms with van der Waals surface area (Å²) in [6.45, 7) is 3.19. The van der Waals surface area contributed by atoms with Gasteiger partial charge in [-0.3, -0.25) is 0 Å². The molecule has 1 N–H and O–H groups in total. The molecule has 0 spiro atoms. The van der Waals surface area contributed by atoms with E-state index in [0.717, 1.165) is 19.4 Å². The topological polar surface area (TPSA) is 23.5 Å². The molecule has 2 aromatic carbocycles. The van der Waals surface area contributed by atoms with E-state index in [1.807, 2.05) is 6.07 Å². The molecular formula is C17H19NO. The fourth-order valence-corrected chi connectivity index (χ4v) is 3.11. The molecule has 0 aliphatic heterocycles. The van der Waals surface area contributed by atoms with Crippen molar-refractivity contribution in [3.63, 3.8) is 0 Å². The van der Waals surface area contributed by atoms with Crippen molar-refractivity contribution in [1.29, 1.82) is 0 Å². The number of benzene rings is 2. The molecule has 19 heavy (non-hydrogen) atoms. The van der Waals surface area contributed by atoms with E-state index in [4.69, 9.17) is 0 Å². The van der Waals surface area contributed by atoms with Crippen LogP contribution < -0.4 is 4.90 Å². The van der Waals surface area contributed by atoms with Gasteiger partial charge in [0.05, 0.1) is 6.04 Å². The van der Waals surface area contributed by atoms with Crippen LogP contribution in [0.2, 0.25) is 0 Å². The Balaban J connectivity index is 1.95. The number of hydrogen-bond donors (Lipinski definition) is 1. The second kappa shape index (κ2) is 4.96. The van der Waals surface area contributed by atoms with Crippen LogP contribution in [0.25, 0.3) is 0 Å². The van der Waals surface area contributed by atoms with E-state index in [0.29, 0.717) is 11.8 Å². The fourth-order valence-electron chi connectivity index (χ4n) is 3.11. The van der Waals surface area contributed by atoms with Gasteiger partial charge in [0.2, 0.25) is 0 Å². The third-order valence-corrected chi connectivity index (χ3v) is 3.98. The number of aromatic hydroxyl groups is 1. The highest BCUT2D eigenvalue weighted by molar-refractivity contribution is 5.52. The summed E-state index contributed by atoms with van der Waals surface area (Å²) in [6, 6.07) is 16.8. The molecule has 0 saturated carbocycles. The first-order valence-corrected chi connectivity index (χ1v) is 6.93. The summed E-state index contributed by atoms with van der Waals surface area (Å²) in [5.74, 6) is 0.377. The van der Waals surface area contributed by atoms with Crippen LogP contribution in [0.3, 0.4) is 0 Å². The molecule has 1 aliphatic carbocycles. The predicted octanol–water partition coefficient (Wildman–Crippen LogP) is 3.91.